The summed E-state index contributed by atoms with van der Waals surface area (Å²) < 4.78 is 11.0. The van der Waals surface area contributed by atoms with E-state index in [0.717, 1.165) is 6.42 Å². The first-order valence-electron chi connectivity index (χ1n) is 4.51. The highest BCUT2D eigenvalue weighted by Gasteiger charge is 2.36. The molecular formula is C9H18O3. The molecule has 1 heterocycles. The maximum absolute atomic E-state index is 9.02. The number of hydrogen-bond donors (Lipinski definition) is 1. The van der Waals surface area contributed by atoms with Crippen LogP contribution >= 0.6 is 0 Å². The number of aliphatic hydroxyl groups is 1. The minimum atomic E-state index is -0.465. The van der Waals surface area contributed by atoms with Crippen molar-refractivity contribution in [2.45, 2.75) is 39.1 Å². The maximum Gasteiger partial charge on any atom is 0.163 e. The molecule has 0 unspecified atom stereocenters. The second-order valence-electron chi connectivity index (χ2n) is 3.72. The number of aliphatic hydroxyl groups excluding tert-OH is 1. The van der Waals surface area contributed by atoms with Gasteiger partial charge in [-0.25, -0.2) is 0 Å². The van der Waals surface area contributed by atoms with Crippen LogP contribution in [0.15, 0.2) is 0 Å². The fourth-order valence-corrected chi connectivity index (χ4v) is 1.46. The fraction of sp³-hybridized carbons (Fsp3) is 1.00. The van der Waals surface area contributed by atoms with Crippen LogP contribution in [0.1, 0.15) is 27.2 Å². The first kappa shape index (κ1) is 9.96. The molecule has 1 rings (SSSR count). The van der Waals surface area contributed by atoms with E-state index >= 15 is 0 Å². The van der Waals surface area contributed by atoms with Crippen molar-refractivity contribution in [2.75, 3.05) is 13.2 Å². The van der Waals surface area contributed by atoms with Gasteiger partial charge < -0.3 is 14.6 Å². The van der Waals surface area contributed by atoms with Crippen LogP contribution in [0.4, 0.5) is 0 Å². The van der Waals surface area contributed by atoms with E-state index in [2.05, 4.69) is 6.92 Å². The first-order chi connectivity index (χ1) is 5.59. The van der Waals surface area contributed by atoms with Gasteiger partial charge in [-0.05, 0) is 20.3 Å². The summed E-state index contributed by atoms with van der Waals surface area (Å²) >= 11 is 0. The van der Waals surface area contributed by atoms with E-state index in [0.29, 0.717) is 6.61 Å². The van der Waals surface area contributed by atoms with E-state index < -0.39 is 5.79 Å². The first-order valence-corrected chi connectivity index (χ1v) is 4.51. The van der Waals surface area contributed by atoms with Crippen molar-refractivity contribution in [1.29, 1.82) is 0 Å². The maximum atomic E-state index is 9.02. The monoisotopic (exact) mass is 174 g/mol. The molecule has 3 nitrogen and oxygen atoms in total. The van der Waals surface area contributed by atoms with Crippen LogP contribution in [0.3, 0.4) is 0 Å². The SMILES string of the molecule is CC[C@H](CO)[C@@H]1COC(C)(C)O1. The van der Waals surface area contributed by atoms with Crippen LogP contribution < -0.4 is 0 Å². The summed E-state index contributed by atoms with van der Waals surface area (Å²) in [6, 6.07) is 0. The van der Waals surface area contributed by atoms with Crippen LogP contribution in [-0.2, 0) is 9.47 Å². The summed E-state index contributed by atoms with van der Waals surface area (Å²) in [5.74, 6) is -0.250. The Morgan fingerprint density at radius 2 is 2.25 bits per heavy atom. The van der Waals surface area contributed by atoms with Gasteiger partial charge in [0, 0.05) is 12.5 Å². The van der Waals surface area contributed by atoms with Crippen molar-refractivity contribution in [3.63, 3.8) is 0 Å². The number of ether oxygens (including phenoxy) is 2. The molecule has 0 bridgehead atoms. The van der Waals surface area contributed by atoms with E-state index in [1.807, 2.05) is 13.8 Å². The van der Waals surface area contributed by atoms with E-state index in [1.165, 1.54) is 0 Å². The van der Waals surface area contributed by atoms with Crippen molar-refractivity contribution in [3.8, 4) is 0 Å². The van der Waals surface area contributed by atoms with E-state index in [4.69, 9.17) is 14.6 Å². The van der Waals surface area contributed by atoms with Gasteiger partial charge in [0.2, 0.25) is 0 Å². The Balaban J connectivity index is 2.45. The Kier molecular flexibility index (Phi) is 3.09. The summed E-state index contributed by atoms with van der Waals surface area (Å²) in [5.41, 5.74) is 0. The largest absolute Gasteiger partial charge is 0.396 e. The zero-order valence-electron chi connectivity index (χ0n) is 8.04. The summed E-state index contributed by atoms with van der Waals surface area (Å²) in [7, 11) is 0. The molecule has 0 aromatic heterocycles. The molecule has 1 fully saturated rings. The third-order valence-electron chi connectivity index (χ3n) is 2.32. The van der Waals surface area contributed by atoms with Gasteiger partial charge in [-0.15, -0.1) is 0 Å². The lowest BCUT2D eigenvalue weighted by molar-refractivity contribution is -0.146. The molecule has 2 atom stereocenters. The Morgan fingerprint density at radius 3 is 2.58 bits per heavy atom. The molecule has 1 saturated heterocycles. The molecule has 1 aliphatic heterocycles. The normalized spacial score (nSPS) is 30.5. The highest BCUT2D eigenvalue weighted by Crippen LogP contribution is 2.27. The van der Waals surface area contributed by atoms with Crippen molar-refractivity contribution < 1.29 is 14.6 Å². The fourth-order valence-electron chi connectivity index (χ4n) is 1.46. The van der Waals surface area contributed by atoms with Crippen LogP contribution in [0.25, 0.3) is 0 Å². The van der Waals surface area contributed by atoms with Crippen molar-refractivity contribution >= 4 is 0 Å². The van der Waals surface area contributed by atoms with Crippen LogP contribution in [0.2, 0.25) is 0 Å². The van der Waals surface area contributed by atoms with Crippen molar-refractivity contribution in [1.82, 2.24) is 0 Å². The standard InChI is InChI=1S/C9H18O3/c1-4-7(5-10)8-6-11-9(2,3)12-8/h7-8,10H,4-6H2,1-3H3/t7-,8+/m1/s1. The molecule has 0 aromatic rings. The van der Waals surface area contributed by atoms with Gasteiger partial charge in [-0.1, -0.05) is 6.92 Å². The summed E-state index contributed by atoms with van der Waals surface area (Å²) in [5, 5.41) is 9.02. The number of hydrogen-bond acceptors (Lipinski definition) is 3. The molecular weight excluding hydrogens is 156 g/mol. The van der Waals surface area contributed by atoms with E-state index in [9.17, 15) is 0 Å². The molecule has 3 heteroatoms. The summed E-state index contributed by atoms with van der Waals surface area (Å²) in [6.07, 6.45) is 0.996. The Labute approximate surface area is 73.7 Å². The molecule has 0 radical (unpaired) electrons. The van der Waals surface area contributed by atoms with Gasteiger partial charge in [-0.3, -0.25) is 0 Å². The molecule has 0 amide bonds. The smallest absolute Gasteiger partial charge is 0.163 e. The average Bonchev–Trinajstić information content (AvgIpc) is 2.34. The minimum absolute atomic E-state index is 0.0648. The quantitative estimate of drug-likeness (QED) is 0.697. The summed E-state index contributed by atoms with van der Waals surface area (Å²) in [4.78, 5) is 0. The molecule has 0 saturated carbocycles. The zero-order valence-corrected chi connectivity index (χ0v) is 8.04. The molecule has 1 N–H and O–H groups in total. The summed E-state index contributed by atoms with van der Waals surface area (Å²) in [6.45, 7) is 6.64. The average molecular weight is 174 g/mol. The van der Waals surface area contributed by atoms with Gasteiger partial charge in [0.15, 0.2) is 5.79 Å². The highest BCUT2D eigenvalue weighted by molar-refractivity contribution is 4.76. The second-order valence-corrected chi connectivity index (χ2v) is 3.72. The Morgan fingerprint density at radius 1 is 1.58 bits per heavy atom. The molecule has 0 aliphatic carbocycles. The Bertz CT molecular complexity index is 141. The second kappa shape index (κ2) is 3.73. The lowest BCUT2D eigenvalue weighted by Gasteiger charge is -2.21. The zero-order chi connectivity index (χ0) is 9.19. The third-order valence-corrected chi connectivity index (χ3v) is 2.32. The van der Waals surface area contributed by atoms with Crippen molar-refractivity contribution in [3.05, 3.63) is 0 Å². The molecule has 0 aromatic carbocycles. The number of rotatable bonds is 3. The molecule has 12 heavy (non-hydrogen) atoms. The van der Waals surface area contributed by atoms with E-state index in [1.54, 1.807) is 0 Å². The third kappa shape index (κ3) is 2.19. The van der Waals surface area contributed by atoms with Gasteiger partial charge >= 0.3 is 0 Å². The molecule has 72 valence electrons. The highest BCUT2D eigenvalue weighted by atomic mass is 16.7. The van der Waals surface area contributed by atoms with Gasteiger partial charge in [-0.2, -0.15) is 0 Å². The van der Waals surface area contributed by atoms with Gasteiger partial charge in [0.25, 0.3) is 0 Å². The predicted octanol–water partition coefficient (Wildman–Crippen LogP) is 1.16. The lowest BCUT2D eigenvalue weighted by atomic mass is 10.0. The van der Waals surface area contributed by atoms with Crippen LogP contribution in [0, 0.1) is 5.92 Å². The topological polar surface area (TPSA) is 38.7 Å². The minimum Gasteiger partial charge on any atom is -0.396 e. The molecule has 1 aliphatic rings. The molecule has 0 spiro atoms. The van der Waals surface area contributed by atoms with Gasteiger partial charge in [0.05, 0.1) is 12.7 Å². The van der Waals surface area contributed by atoms with Crippen LogP contribution in [0.5, 0.6) is 0 Å². The van der Waals surface area contributed by atoms with Crippen LogP contribution in [-0.4, -0.2) is 30.2 Å². The lowest BCUT2D eigenvalue weighted by Crippen LogP contribution is -2.28. The van der Waals surface area contributed by atoms with Gasteiger partial charge in [0.1, 0.15) is 0 Å². The predicted molar refractivity (Wildman–Crippen MR) is 45.8 cm³/mol. The van der Waals surface area contributed by atoms with E-state index in [-0.39, 0.29) is 18.6 Å². The van der Waals surface area contributed by atoms with Crippen molar-refractivity contribution in [2.24, 2.45) is 5.92 Å². The Hall–Kier alpha value is -0.120.